The molecule has 0 aliphatic carbocycles. The fraction of sp³-hybridized carbons (Fsp3) is 0.355. The Kier molecular flexibility index (Phi) is 12.2. The average Bonchev–Trinajstić information content (AvgIpc) is 3.38. The maximum Gasteiger partial charge on any atom is 0.411 e. The first kappa shape index (κ1) is 34.3. The molecule has 2 aromatic carbocycles. The summed E-state index contributed by atoms with van der Waals surface area (Å²) in [5.41, 5.74) is 8.48. The largest absolute Gasteiger partial charge is 0.481 e. The summed E-state index contributed by atoms with van der Waals surface area (Å²) in [5.74, 6) is -5.03. The van der Waals surface area contributed by atoms with Gasteiger partial charge in [0.25, 0.3) is 5.91 Å². The monoisotopic (exact) mass is 622 g/mol. The number of aromatic nitrogens is 1. The molecule has 0 aliphatic heterocycles. The van der Waals surface area contributed by atoms with Gasteiger partial charge in [-0.05, 0) is 36.0 Å². The number of fused-ring (bicyclic) bond motifs is 1. The van der Waals surface area contributed by atoms with Crippen molar-refractivity contribution in [2.45, 2.75) is 63.7 Å². The standard InChI is InChI=1S/C31H38N6O8/c1-17(2)12-23(34-27(40)21(32)14-19-16-33-22-11-7-6-10-20(19)22)28(41)36-25(15-26(38)39)29(42)35-24(30(43)37-31(44)45)13-18-8-4-3-5-9-18/h3-11,16-17,21,23-25,33H,12-15,32H2,1-2H3,(H,34,40)(H,35,42)(H,36,41)(H,37,43)(H,38,39)(H,44,45). The number of para-hydroxylation sites is 1. The highest BCUT2D eigenvalue weighted by Gasteiger charge is 2.32. The number of nitrogens with one attached hydrogen (secondary N) is 5. The van der Waals surface area contributed by atoms with Gasteiger partial charge in [-0.25, -0.2) is 4.79 Å². The van der Waals surface area contributed by atoms with Gasteiger partial charge in [0.15, 0.2) is 0 Å². The first-order chi connectivity index (χ1) is 21.3. The molecule has 0 aliphatic rings. The van der Waals surface area contributed by atoms with Gasteiger partial charge in [0.05, 0.1) is 12.5 Å². The lowest BCUT2D eigenvalue weighted by atomic mass is 10.0. The normalized spacial score (nSPS) is 13.7. The number of aromatic amines is 1. The van der Waals surface area contributed by atoms with Crippen LogP contribution in [0.25, 0.3) is 10.9 Å². The van der Waals surface area contributed by atoms with Crippen LogP contribution in [0.4, 0.5) is 4.79 Å². The number of H-pyrrole nitrogens is 1. The second kappa shape index (κ2) is 16.0. The summed E-state index contributed by atoms with van der Waals surface area (Å²) in [4.78, 5) is 78.1. The molecular formula is C31H38N6O8. The summed E-state index contributed by atoms with van der Waals surface area (Å²) < 4.78 is 0. The van der Waals surface area contributed by atoms with Crippen LogP contribution in [0.3, 0.4) is 0 Å². The number of hydrogen-bond donors (Lipinski definition) is 8. The van der Waals surface area contributed by atoms with Crippen LogP contribution < -0.4 is 27.0 Å². The number of carboxylic acid groups (broad SMARTS) is 2. The second-order valence-corrected chi connectivity index (χ2v) is 11.1. The number of hydrogen-bond acceptors (Lipinski definition) is 7. The van der Waals surface area contributed by atoms with Gasteiger partial charge < -0.3 is 36.9 Å². The molecule has 45 heavy (non-hydrogen) atoms. The van der Waals surface area contributed by atoms with Gasteiger partial charge >= 0.3 is 12.1 Å². The van der Waals surface area contributed by atoms with E-state index in [2.05, 4.69) is 20.9 Å². The van der Waals surface area contributed by atoms with Crippen LogP contribution in [-0.4, -0.2) is 75.1 Å². The van der Waals surface area contributed by atoms with Crippen molar-refractivity contribution in [3.05, 3.63) is 71.9 Å². The molecular weight excluding hydrogens is 584 g/mol. The van der Waals surface area contributed by atoms with Gasteiger partial charge in [0.2, 0.25) is 17.7 Å². The Morgan fingerprint density at radius 2 is 1.36 bits per heavy atom. The predicted octanol–water partition coefficient (Wildman–Crippen LogP) is 1.05. The molecule has 1 aromatic heterocycles. The number of nitrogens with two attached hydrogens (primary N) is 1. The maximum absolute atomic E-state index is 13.4. The molecule has 0 saturated heterocycles. The van der Waals surface area contributed by atoms with Gasteiger partial charge in [-0.1, -0.05) is 62.4 Å². The second-order valence-electron chi connectivity index (χ2n) is 11.1. The molecule has 0 spiro atoms. The zero-order valence-corrected chi connectivity index (χ0v) is 24.9. The third-order valence-electron chi connectivity index (χ3n) is 6.95. The molecule has 14 heteroatoms. The number of imide groups is 1. The average molecular weight is 623 g/mol. The summed E-state index contributed by atoms with van der Waals surface area (Å²) in [6.07, 6.45) is -0.517. The van der Waals surface area contributed by atoms with Crippen molar-refractivity contribution in [2.75, 3.05) is 0 Å². The number of carboxylic acids is 1. The summed E-state index contributed by atoms with van der Waals surface area (Å²) >= 11 is 0. The van der Waals surface area contributed by atoms with Crippen LogP contribution in [0.2, 0.25) is 0 Å². The van der Waals surface area contributed by atoms with Crippen LogP contribution in [0.15, 0.2) is 60.8 Å². The Hall–Kier alpha value is -5.24. The lowest BCUT2D eigenvalue weighted by Crippen LogP contribution is -2.59. The predicted molar refractivity (Wildman–Crippen MR) is 164 cm³/mol. The zero-order chi connectivity index (χ0) is 33.1. The Balaban J connectivity index is 1.74. The summed E-state index contributed by atoms with van der Waals surface area (Å²) in [6, 6.07) is 10.7. The third-order valence-corrected chi connectivity index (χ3v) is 6.95. The third kappa shape index (κ3) is 10.5. The smallest absolute Gasteiger partial charge is 0.411 e. The molecule has 3 aromatic rings. The fourth-order valence-corrected chi connectivity index (χ4v) is 4.79. The quantitative estimate of drug-likeness (QED) is 0.121. The molecule has 1 heterocycles. The van der Waals surface area contributed by atoms with Crippen molar-refractivity contribution < 1.29 is 39.0 Å². The van der Waals surface area contributed by atoms with E-state index in [9.17, 15) is 33.9 Å². The van der Waals surface area contributed by atoms with Crippen molar-refractivity contribution in [3.8, 4) is 0 Å². The lowest BCUT2D eigenvalue weighted by molar-refractivity contribution is -0.141. The lowest BCUT2D eigenvalue weighted by Gasteiger charge is -2.26. The van der Waals surface area contributed by atoms with Crippen LogP contribution in [-0.2, 0) is 36.8 Å². The number of amides is 5. The number of aliphatic carboxylic acids is 1. The molecule has 240 valence electrons. The molecule has 3 rings (SSSR count). The Labute approximate surface area is 259 Å². The van der Waals surface area contributed by atoms with Gasteiger partial charge in [0.1, 0.15) is 18.1 Å². The van der Waals surface area contributed by atoms with E-state index in [1.165, 1.54) is 0 Å². The molecule has 5 amide bonds. The molecule has 0 saturated carbocycles. The fourth-order valence-electron chi connectivity index (χ4n) is 4.79. The van der Waals surface area contributed by atoms with E-state index in [1.54, 1.807) is 41.8 Å². The van der Waals surface area contributed by atoms with Crippen molar-refractivity contribution in [3.63, 3.8) is 0 Å². The van der Waals surface area contributed by atoms with Crippen LogP contribution in [0.1, 0.15) is 37.8 Å². The van der Waals surface area contributed by atoms with Crippen molar-refractivity contribution >= 4 is 46.6 Å². The van der Waals surface area contributed by atoms with E-state index in [4.69, 9.17) is 10.8 Å². The van der Waals surface area contributed by atoms with Crippen molar-refractivity contribution in [2.24, 2.45) is 11.7 Å². The molecule has 9 N–H and O–H groups in total. The zero-order valence-electron chi connectivity index (χ0n) is 24.9. The summed E-state index contributed by atoms with van der Waals surface area (Å²) in [7, 11) is 0. The summed E-state index contributed by atoms with van der Waals surface area (Å²) in [6.45, 7) is 3.63. The van der Waals surface area contributed by atoms with E-state index in [0.717, 1.165) is 16.5 Å². The van der Waals surface area contributed by atoms with E-state index >= 15 is 0 Å². The number of rotatable bonds is 15. The minimum Gasteiger partial charge on any atom is -0.481 e. The van der Waals surface area contributed by atoms with Gasteiger partial charge in [-0.3, -0.25) is 29.3 Å². The Morgan fingerprint density at radius 1 is 0.756 bits per heavy atom. The topological polar surface area (TPSA) is 233 Å². The Morgan fingerprint density at radius 3 is 2.00 bits per heavy atom. The Bertz CT molecular complexity index is 1520. The van der Waals surface area contributed by atoms with Crippen molar-refractivity contribution in [1.82, 2.24) is 26.3 Å². The van der Waals surface area contributed by atoms with Crippen molar-refractivity contribution in [1.29, 1.82) is 0 Å². The molecule has 4 atom stereocenters. The van der Waals surface area contributed by atoms with Gasteiger partial charge in [-0.15, -0.1) is 0 Å². The van der Waals surface area contributed by atoms with Crippen LogP contribution >= 0.6 is 0 Å². The molecule has 0 fully saturated rings. The van der Waals surface area contributed by atoms with Gasteiger partial charge in [-0.2, -0.15) is 0 Å². The molecule has 0 bridgehead atoms. The van der Waals surface area contributed by atoms with E-state index in [0.29, 0.717) is 5.56 Å². The summed E-state index contributed by atoms with van der Waals surface area (Å²) in [5, 5.41) is 28.4. The maximum atomic E-state index is 13.4. The minimum atomic E-state index is -1.66. The van der Waals surface area contributed by atoms with E-state index in [-0.39, 0.29) is 25.2 Å². The molecule has 0 radical (unpaired) electrons. The SMILES string of the molecule is CC(C)CC(NC(=O)C(N)Cc1c[nH]c2ccccc12)C(=O)NC(CC(=O)O)C(=O)NC(Cc1ccccc1)C(=O)NC(=O)O. The van der Waals surface area contributed by atoms with E-state index in [1.807, 2.05) is 38.1 Å². The number of carbonyl (C=O) groups is 6. The minimum absolute atomic E-state index is 0.0902. The van der Waals surface area contributed by atoms with Gasteiger partial charge in [0, 0.05) is 23.5 Å². The number of benzene rings is 2. The van der Waals surface area contributed by atoms with Crippen LogP contribution in [0, 0.1) is 5.92 Å². The first-order valence-corrected chi connectivity index (χ1v) is 14.3. The first-order valence-electron chi connectivity index (χ1n) is 14.3. The van der Waals surface area contributed by atoms with E-state index < -0.39 is 66.3 Å². The molecule has 14 nitrogen and oxygen atoms in total. The number of carbonyl (C=O) groups excluding carboxylic acids is 4. The van der Waals surface area contributed by atoms with Crippen LogP contribution in [0.5, 0.6) is 0 Å². The molecule has 4 unspecified atom stereocenters. The highest BCUT2D eigenvalue weighted by molar-refractivity contribution is 5.99. The highest BCUT2D eigenvalue weighted by Crippen LogP contribution is 2.19. The highest BCUT2D eigenvalue weighted by atomic mass is 16.4.